The van der Waals surface area contributed by atoms with Gasteiger partial charge in [-0.2, -0.15) is 0 Å². The molecule has 0 aliphatic rings. The number of carboxylic acid groups (broad SMARTS) is 1. The van der Waals surface area contributed by atoms with Crippen LogP contribution in [0.1, 0.15) is 5.56 Å². The molecule has 1 rings (SSSR count). The zero-order chi connectivity index (χ0) is 9.84. The predicted octanol–water partition coefficient (Wildman–Crippen LogP) is 0.127. The molecule has 0 unspecified atom stereocenters. The molecule has 0 atom stereocenters. The highest BCUT2D eigenvalue weighted by atomic mass is 19.1. The lowest BCUT2D eigenvalue weighted by Gasteiger charge is -2.05. The van der Waals surface area contributed by atoms with Crippen LogP contribution in [0, 0.1) is 5.82 Å². The van der Waals surface area contributed by atoms with E-state index in [0.29, 0.717) is 5.56 Å². The molecule has 0 saturated carbocycles. The lowest BCUT2D eigenvalue weighted by Crippen LogP contribution is -2.24. The van der Waals surface area contributed by atoms with Crippen LogP contribution in [0.25, 0.3) is 0 Å². The van der Waals surface area contributed by atoms with E-state index < -0.39 is 11.8 Å². The number of methoxy groups -OCH3 is 1. The zero-order valence-electron chi connectivity index (χ0n) is 7.04. The van der Waals surface area contributed by atoms with Crippen LogP contribution in [0.2, 0.25) is 0 Å². The van der Waals surface area contributed by atoms with Gasteiger partial charge in [0.1, 0.15) is 0 Å². The average molecular weight is 183 g/mol. The maximum absolute atomic E-state index is 12.8. The highest BCUT2D eigenvalue weighted by Crippen LogP contribution is 2.18. The highest BCUT2D eigenvalue weighted by molar-refractivity contribution is 5.68. The predicted molar refractivity (Wildman–Crippen MR) is 41.7 cm³/mol. The molecule has 0 heterocycles. The number of aliphatic carboxylic acids is 1. The van der Waals surface area contributed by atoms with Crippen molar-refractivity contribution in [3.8, 4) is 5.75 Å². The first-order chi connectivity index (χ1) is 6.13. The van der Waals surface area contributed by atoms with Crippen molar-refractivity contribution < 1.29 is 19.0 Å². The molecule has 0 saturated heterocycles. The molecule has 0 bridgehead atoms. The molecule has 0 radical (unpaired) electrons. The van der Waals surface area contributed by atoms with Crippen molar-refractivity contribution in [2.75, 3.05) is 7.11 Å². The van der Waals surface area contributed by atoms with E-state index in [0.717, 1.165) is 6.07 Å². The molecule has 0 aliphatic heterocycles. The number of halogens is 1. The van der Waals surface area contributed by atoms with E-state index in [4.69, 9.17) is 0 Å². The Bertz CT molecular complexity index is 323. The number of carbonyl (C=O) groups is 1. The monoisotopic (exact) mass is 183 g/mol. The number of hydrogen-bond acceptors (Lipinski definition) is 3. The third-order valence-electron chi connectivity index (χ3n) is 1.56. The van der Waals surface area contributed by atoms with E-state index in [9.17, 15) is 14.3 Å². The van der Waals surface area contributed by atoms with Gasteiger partial charge in [-0.25, -0.2) is 4.39 Å². The molecule has 4 heteroatoms. The van der Waals surface area contributed by atoms with E-state index in [1.807, 2.05) is 0 Å². The molecular formula is C9H8FO3-. The van der Waals surface area contributed by atoms with Gasteiger partial charge in [0.15, 0.2) is 11.6 Å². The van der Waals surface area contributed by atoms with E-state index in [-0.39, 0.29) is 12.2 Å². The number of ether oxygens (including phenoxy) is 1. The Morgan fingerprint density at radius 1 is 1.62 bits per heavy atom. The first-order valence-electron chi connectivity index (χ1n) is 3.65. The Morgan fingerprint density at radius 2 is 2.31 bits per heavy atom. The normalized spacial score (nSPS) is 9.69. The van der Waals surface area contributed by atoms with Crippen molar-refractivity contribution in [3.63, 3.8) is 0 Å². The number of rotatable bonds is 3. The number of benzene rings is 1. The van der Waals surface area contributed by atoms with Gasteiger partial charge in [0.25, 0.3) is 0 Å². The van der Waals surface area contributed by atoms with Crippen LogP contribution in [-0.2, 0) is 11.2 Å². The summed E-state index contributed by atoms with van der Waals surface area (Å²) in [6.45, 7) is 0. The SMILES string of the molecule is COc1cc(CC(=O)[O-])ccc1F. The van der Waals surface area contributed by atoms with Crippen LogP contribution in [-0.4, -0.2) is 13.1 Å². The smallest absolute Gasteiger partial charge is 0.165 e. The van der Waals surface area contributed by atoms with Gasteiger partial charge in [-0.05, 0) is 17.7 Å². The van der Waals surface area contributed by atoms with Gasteiger partial charge in [0, 0.05) is 12.4 Å². The van der Waals surface area contributed by atoms with Crippen molar-refractivity contribution in [1.82, 2.24) is 0 Å². The Balaban J connectivity index is 2.92. The Hall–Kier alpha value is -1.58. The van der Waals surface area contributed by atoms with Crippen LogP contribution < -0.4 is 9.84 Å². The van der Waals surface area contributed by atoms with Crippen LogP contribution >= 0.6 is 0 Å². The van der Waals surface area contributed by atoms with E-state index in [1.165, 1.54) is 19.2 Å². The summed E-state index contributed by atoms with van der Waals surface area (Å²) in [6, 6.07) is 3.88. The summed E-state index contributed by atoms with van der Waals surface area (Å²) in [6.07, 6.45) is -0.239. The Kier molecular flexibility index (Phi) is 2.84. The topological polar surface area (TPSA) is 49.4 Å². The lowest BCUT2D eigenvalue weighted by molar-refractivity contribution is -0.304. The average Bonchev–Trinajstić information content (AvgIpc) is 2.07. The minimum absolute atomic E-state index is 0.0405. The standard InChI is InChI=1S/C9H9FO3/c1-13-8-4-6(5-9(11)12)2-3-7(8)10/h2-4H,5H2,1H3,(H,11,12)/p-1. The molecule has 0 spiro atoms. The number of carbonyl (C=O) groups excluding carboxylic acids is 1. The second-order valence-corrected chi connectivity index (χ2v) is 2.52. The van der Waals surface area contributed by atoms with E-state index in [2.05, 4.69) is 4.74 Å². The van der Waals surface area contributed by atoms with Crippen LogP contribution in [0.4, 0.5) is 4.39 Å². The molecule has 0 N–H and O–H groups in total. The molecule has 1 aromatic rings. The van der Waals surface area contributed by atoms with Crippen molar-refractivity contribution in [1.29, 1.82) is 0 Å². The minimum atomic E-state index is -1.20. The molecule has 1 aromatic carbocycles. The molecular weight excluding hydrogens is 175 g/mol. The second-order valence-electron chi connectivity index (χ2n) is 2.52. The molecule has 13 heavy (non-hydrogen) atoms. The summed E-state index contributed by atoms with van der Waals surface area (Å²) in [7, 11) is 1.32. The Morgan fingerprint density at radius 3 is 2.85 bits per heavy atom. The van der Waals surface area contributed by atoms with Crippen molar-refractivity contribution in [3.05, 3.63) is 29.6 Å². The van der Waals surface area contributed by atoms with Gasteiger partial charge in [-0.15, -0.1) is 0 Å². The second kappa shape index (κ2) is 3.89. The number of hydrogen-bond donors (Lipinski definition) is 0. The van der Waals surface area contributed by atoms with Gasteiger partial charge in [0.05, 0.1) is 7.11 Å². The highest BCUT2D eigenvalue weighted by Gasteiger charge is 2.02. The van der Waals surface area contributed by atoms with E-state index >= 15 is 0 Å². The Labute approximate surface area is 74.8 Å². The summed E-state index contributed by atoms with van der Waals surface area (Å²) >= 11 is 0. The quantitative estimate of drug-likeness (QED) is 0.669. The van der Waals surface area contributed by atoms with Gasteiger partial charge in [-0.1, -0.05) is 6.07 Å². The van der Waals surface area contributed by atoms with Crippen molar-refractivity contribution >= 4 is 5.97 Å². The van der Waals surface area contributed by atoms with Crippen molar-refractivity contribution in [2.24, 2.45) is 0 Å². The fraction of sp³-hybridized carbons (Fsp3) is 0.222. The van der Waals surface area contributed by atoms with E-state index in [1.54, 1.807) is 0 Å². The van der Waals surface area contributed by atoms with Gasteiger partial charge >= 0.3 is 0 Å². The number of carboxylic acids is 1. The molecule has 0 aromatic heterocycles. The minimum Gasteiger partial charge on any atom is -0.550 e. The van der Waals surface area contributed by atoms with Gasteiger partial charge in [-0.3, -0.25) is 0 Å². The first-order valence-corrected chi connectivity index (χ1v) is 3.65. The third kappa shape index (κ3) is 2.43. The molecule has 0 aliphatic carbocycles. The molecule has 0 fully saturated rings. The van der Waals surface area contributed by atoms with Crippen LogP contribution in [0.5, 0.6) is 5.75 Å². The summed E-state index contributed by atoms with van der Waals surface area (Å²) in [5, 5.41) is 10.2. The summed E-state index contributed by atoms with van der Waals surface area (Å²) in [4.78, 5) is 10.2. The van der Waals surface area contributed by atoms with Gasteiger partial charge < -0.3 is 14.6 Å². The van der Waals surface area contributed by atoms with Crippen molar-refractivity contribution in [2.45, 2.75) is 6.42 Å². The fourth-order valence-electron chi connectivity index (χ4n) is 0.981. The van der Waals surface area contributed by atoms with Crippen LogP contribution in [0.3, 0.4) is 0 Å². The first kappa shape index (κ1) is 9.51. The summed E-state index contributed by atoms with van der Waals surface area (Å²) in [5.74, 6) is -1.67. The van der Waals surface area contributed by atoms with Crippen LogP contribution in [0.15, 0.2) is 18.2 Å². The molecule has 3 nitrogen and oxygen atoms in total. The summed E-state index contributed by atoms with van der Waals surface area (Å²) in [5.41, 5.74) is 0.457. The summed E-state index contributed by atoms with van der Waals surface area (Å²) < 4.78 is 17.5. The van der Waals surface area contributed by atoms with Gasteiger partial charge in [0.2, 0.25) is 0 Å². The lowest BCUT2D eigenvalue weighted by atomic mass is 10.1. The maximum atomic E-state index is 12.8. The third-order valence-corrected chi connectivity index (χ3v) is 1.56. The largest absolute Gasteiger partial charge is 0.550 e. The fourth-order valence-corrected chi connectivity index (χ4v) is 0.981. The zero-order valence-corrected chi connectivity index (χ0v) is 7.04. The molecule has 0 amide bonds. The maximum Gasteiger partial charge on any atom is 0.165 e. The molecule has 70 valence electrons.